The van der Waals surface area contributed by atoms with Gasteiger partial charge in [-0.1, -0.05) is 51.9 Å². The van der Waals surface area contributed by atoms with Gasteiger partial charge in [-0.15, -0.1) is 12.4 Å². The molecule has 19 heavy (non-hydrogen) atoms. The van der Waals surface area contributed by atoms with Gasteiger partial charge in [-0.2, -0.15) is 0 Å². The number of carbonyl (C=O) groups excluding carboxylic acids is 2. The molecule has 0 spiro atoms. The molecular formula is C16H31ClO2. The maximum Gasteiger partial charge on any atom is 0.132 e. The van der Waals surface area contributed by atoms with Crippen LogP contribution >= 0.6 is 12.4 Å². The lowest BCUT2D eigenvalue weighted by Gasteiger charge is -2.02. The van der Waals surface area contributed by atoms with E-state index < -0.39 is 0 Å². The predicted molar refractivity (Wildman–Crippen MR) is 84.0 cm³/mol. The largest absolute Gasteiger partial charge is 0.303 e. The van der Waals surface area contributed by atoms with Crippen molar-refractivity contribution in [2.75, 3.05) is 0 Å². The summed E-state index contributed by atoms with van der Waals surface area (Å²) in [6.45, 7) is 2.21. The van der Waals surface area contributed by atoms with E-state index in [1.165, 1.54) is 25.7 Å². The molecule has 2 nitrogen and oxygen atoms in total. The van der Waals surface area contributed by atoms with Gasteiger partial charge in [-0.25, -0.2) is 0 Å². The van der Waals surface area contributed by atoms with Crippen LogP contribution in [0.15, 0.2) is 0 Å². The zero-order valence-electron chi connectivity index (χ0n) is 12.5. The van der Waals surface area contributed by atoms with E-state index in [9.17, 15) is 9.59 Å². The van der Waals surface area contributed by atoms with Crippen LogP contribution in [0.1, 0.15) is 90.4 Å². The predicted octanol–water partition coefficient (Wildman–Crippen LogP) is 5.27. The van der Waals surface area contributed by atoms with Crippen molar-refractivity contribution in [2.45, 2.75) is 90.4 Å². The van der Waals surface area contributed by atoms with Crippen LogP contribution in [-0.2, 0) is 9.59 Å². The van der Waals surface area contributed by atoms with Crippen molar-refractivity contribution in [3.8, 4) is 0 Å². The van der Waals surface area contributed by atoms with Gasteiger partial charge in [0.15, 0.2) is 0 Å². The molecule has 0 bridgehead atoms. The Morgan fingerprint density at radius 3 is 1.79 bits per heavy atom. The van der Waals surface area contributed by atoms with Gasteiger partial charge < -0.3 is 4.79 Å². The van der Waals surface area contributed by atoms with Crippen LogP contribution in [0.5, 0.6) is 0 Å². The number of ketones is 1. The normalized spacial score (nSPS) is 9.95. The van der Waals surface area contributed by atoms with Crippen molar-refractivity contribution in [1.82, 2.24) is 0 Å². The second-order valence-corrected chi connectivity index (χ2v) is 5.18. The lowest BCUT2D eigenvalue weighted by molar-refractivity contribution is -0.119. The first-order valence-electron chi connectivity index (χ1n) is 7.76. The van der Waals surface area contributed by atoms with Gasteiger partial charge in [0.2, 0.25) is 0 Å². The second kappa shape index (κ2) is 17.6. The number of halogens is 1. The van der Waals surface area contributed by atoms with E-state index in [-0.39, 0.29) is 12.4 Å². The number of carbonyl (C=O) groups is 2. The molecule has 0 aliphatic heterocycles. The summed E-state index contributed by atoms with van der Waals surface area (Å²) in [4.78, 5) is 21.7. The van der Waals surface area contributed by atoms with Crippen LogP contribution in [0.3, 0.4) is 0 Å². The lowest BCUT2D eigenvalue weighted by atomic mass is 10.0. The summed E-state index contributed by atoms with van der Waals surface area (Å²) in [5, 5.41) is 0. The minimum absolute atomic E-state index is 0. The van der Waals surface area contributed by atoms with Gasteiger partial charge in [-0.05, 0) is 19.3 Å². The Morgan fingerprint density at radius 1 is 0.789 bits per heavy atom. The van der Waals surface area contributed by atoms with Crippen molar-refractivity contribution < 1.29 is 9.59 Å². The van der Waals surface area contributed by atoms with Gasteiger partial charge in [-0.3, -0.25) is 4.79 Å². The van der Waals surface area contributed by atoms with Crippen molar-refractivity contribution >= 4 is 24.5 Å². The molecule has 0 heterocycles. The van der Waals surface area contributed by atoms with Crippen molar-refractivity contribution in [3.05, 3.63) is 0 Å². The summed E-state index contributed by atoms with van der Waals surface area (Å²) >= 11 is 0. The minimum atomic E-state index is 0. The van der Waals surface area contributed by atoms with E-state index >= 15 is 0 Å². The van der Waals surface area contributed by atoms with Gasteiger partial charge >= 0.3 is 0 Å². The molecular weight excluding hydrogens is 260 g/mol. The number of aldehydes is 1. The Kier molecular flexibility index (Phi) is 19.4. The lowest BCUT2D eigenvalue weighted by Crippen LogP contribution is -1.97. The standard InChI is InChI=1S/C16H30O2.ClH/c1-2-3-4-7-10-13-16(18)14-11-8-5-6-9-12-15-17;/h15H,2-14H2,1H3;1H. The minimum Gasteiger partial charge on any atom is -0.303 e. The highest BCUT2D eigenvalue weighted by Crippen LogP contribution is 2.10. The molecule has 0 rings (SSSR count). The molecule has 0 fully saturated rings. The monoisotopic (exact) mass is 290 g/mol. The Bertz CT molecular complexity index is 205. The average Bonchev–Trinajstić information content (AvgIpc) is 2.37. The molecule has 0 atom stereocenters. The van der Waals surface area contributed by atoms with E-state index in [1.54, 1.807) is 0 Å². The molecule has 114 valence electrons. The van der Waals surface area contributed by atoms with Crippen LogP contribution in [0.25, 0.3) is 0 Å². The topological polar surface area (TPSA) is 34.1 Å². The quantitative estimate of drug-likeness (QED) is 0.323. The fourth-order valence-corrected chi connectivity index (χ4v) is 2.13. The Labute approximate surface area is 125 Å². The highest BCUT2D eigenvalue weighted by Gasteiger charge is 2.01. The number of rotatable bonds is 14. The van der Waals surface area contributed by atoms with E-state index in [4.69, 9.17) is 0 Å². The molecule has 0 amide bonds. The summed E-state index contributed by atoms with van der Waals surface area (Å²) in [6.07, 6.45) is 14.8. The van der Waals surface area contributed by atoms with Crippen LogP contribution in [-0.4, -0.2) is 12.1 Å². The smallest absolute Gasteiger partial charge is 0.132 e. The van der Waals surface area contributed by atoms with Crippen molar-refractivity contribution in [2.24, 2.45) is 0 Å². The van der Waals surface area contributed by atoms with Crippen LogP contribution < -0.4 is 0 Å². The first kappa shape index (κ1) is 20.9. The summed E-state index contributed by atoms with van der Waals surface area (Å²) in [7, 11) is 0. The molecule has 3 heteroatoms. The molecule has 0 aliphatic rings. The summed E-state index contributed by atoms with van der Waals surface area (Å²) < 4.78 is 0. The Hall–Kier alpha value is -0.370. The summed E-state index contributed by atoms with van der Waals surface area (Å²) in [5.74, 6) is 0.444. The van der Waals surface area contributed by atoms with Gasteiger partial charge in [0.25, 0.3) is 0 Å². The number of Topliss-reactive ketones (excluding diaryl/α,β-unsaturated/α-hetero) is 1. The number of hydrogen-bond acceptors (Lipinski definition) is 2. The molecule has 0 saturated carbocycles. The first-order valence-corrected chi connectivity index (χ1v) is 7.76. The molecule has 0 saturated heterocycles. The van der Waals surface area contributed by atoms with Gasteiger partial charge in [0.05, 0.1) is 0 Å². The zero-order valence-corrected chi connectivity index (χ0v) is 13.3. The third-order valence-corrected chi connectivity index (χ3v) is 3.34. The molecule has 0 aliphatic carbocycles. The molecule has 0 radical (unpaired) electrons. The summed E-state index contributed by atoms with van der Waals surface area (Å²) in [5.41, 5.74) is 0. The van der Waals surface area contributed by atoms with Crippen LogP contribution in [0, 0.1) is 0 Å². The van der Waals surface area contributed by atoms with Crippen LogP contribution in [0.4, 0.5) is 0 Å². The highest BCUT2D eigenvalue weighted by atomic mass is 35.5. The zero-order chi connectivity index (χ0) is 13.5. The Morgan fingerprint density at radius 2 is 1.26 bits per heavy atom. The second-order valence-electron chi connectivity index (χ2n) is 5.18. The number of hydrogen-bond donors (Lipinski definition) is 0. The molecule has 0 unspecified atom stereocenters. The van der Waals surface area contributed by atoms with E-state index in [1.807, 2.05) is 0 Å². The van der Waals surface area contributed by atoms with E-state index in [2.05, 4.69) is 6.92 Å². The molecule has 0 N–H and O–H groups in total. The molecule has 0 aromatic carbocycles. The molecule has 0 aromatic heterocycles. The Balaban J connectivity index is 0. The van der Waals surface area contributed by atoms with Crippen LogP contribution in [0.2, 0.25) is 0 Å². The van der Waals surface area contributed by atoms with Gasteiger partial charge in [0.1, 0.15) is 12.1 Å². The maximum atomic E-state index is 11.6. The fraction of sp³-hybridized carbons (Fsp3) is 0.875. The SMILES string of the molecule is CCCCCCCC(=O)CCCCCCCC=O.Cl. The average molecular weight is 291 g/mol. The fourth-order valence-electron chi connectivity index (χ4n) is 2.13. The number of unbranched alkanes of at least 4 members (excludes halogenated alkanes) is 9. The summed E-state index contributed by atoms with van der Waals surface area (Å²) in [6, 6.07) is 0. The first-order chi connectivity index (χ1) is 8.81. The van der Waals surface area contributed by atoms with Gasteiger partial charge in [0, 0.05) is 19.3 Å². The van der Waals surface area contributed by atoms with Crippen molar-refractivity contribution in [3.63, 3.8) is 0 Å². The van der Waals surface area contributed by atoms with Crippen molar-refractivity contribution in [1.29, 1.82) is 0 Å². The van der Waals surface area contributed by atoms with E-state index in [0.29, 0.717) is 12.2 Å². The third-order valence-electron chi connectivity index (χ3n) is 3.34. The third kappa shape index (κ3) is 17.6. The maximum absolute atomic E-state index is 11.6. The highest BCUT2D eigenvalue weighted by molar-refractivity contribution is 5.85. The van der Waals surface area contributed by atoms with E-state index in [0.717, 1.165) is 57.7 Å². The molecule has 0 aromatic rings.